The van der Waals surface area contributed by atoms with Crippen molar-refractivity contribution in [3.63, 3.8) is 0 Å². The van der Waals surface area contributed by atoms with E-state index in [0.717, 1.165) is 5.75 Å². The summed E-state index contributed by atoms with van der Waals surface area (Å²) in [5.41, 5.74) is 1.63. The van der Waals surface area contributed by atoms with Gasteiger partial charge in [0.15, 0.2) is 0 Å². The monoisotopic (exact) mass is 169 g/mol. The fourth-order valence-corrected chi connectivity index (χ4v) is 2.04. The maximum Gasteiger partial charge on any atom is 0.0143 e. The van der Waals surface area contributed by atoms with Gasteiger partial charge >= 0.3 is 0 Å². The zero-order valence-electron chi connectivity index (χ0n) is 7.14. The standard InChI is InChI=1S/C10H17S/c1-11-9-10-7-5-3-2-4-6-8-10/h7H,1-6,8-9H2/b10-7+. The zero-order valence-corrected chi connectivity index (χ0v) is 7.96. The van der Waals surface area contributed by atoms with Gasteiger partial charge in [0.25, 0.3) is 0 Å². The lowest BCUT2D eigenvalue weighted by Crippen LogP contribution is -1.91. The zero-order chi connectivity index (χ0) is 7.94. The fourth-order valence-electron chi connectivity index (χ4n) is 1.52. The Morgan fingerprint density at radius 3 is 2.91 bits per heavy atom. The van der Waals surface area contributed by atoms with Crippen LogP contribution in [0.15, 0.2) is 11.6 Å². The van der Waals surface area contributed by atoms with E-state index in [4.69, 9.17) is 0 Å². The van der Waals surface area contributed by atoms with Crippen LogP contribution in [0.2, 0.25) is 0 Å². The summed E-state index contributed by atoms with van der Waals surface area (Å²) >= 11 is 1.71. The lowest BCUT2D eigenvalue weighted by atomic mass is 10.0. The molecule has 0 nitrogen and oxygen atoms in total. The average molecular weight is 169 g/mol. The quantitative estimate of drug-likeness (QED) is 0.567. The van der Waals surface area contributed by atoms with Crippen molar-refractivity contribution in [3.05, 3.63) is 17.9 Å². The Labute approximate surface area is 74.5 Å². The number of hydrogen-bond acceptors (Lipinski definition) is 1. The SMILES string of the molecule is [CH2]SC/C1=C/CCCCCC1. The van der Waals surface area contributed by atoms with Gasteiger partial charge < -0.3 is 0 Å². The molecule has 11 heavy (non-hydrogen) atoms. The summed E-state index contributed by atoms with van der Waals surface area (Å²) in [6.45, 7) is 0. The molecule has 1 radical (unpaired) electrons. The fraction of sp³-hybridized carbons (Fsp3) is 0.700. The summed E-state index contributed by atoms with van der Waals surface area (Å²) in [5, 5.41) is 0. The first-order chi connectivity index (χ1) is 5.43. The highest BCUT2D eigenvalue weighted by molar-refractivity contribution is 8.00. The van der Waals surface area contributed by atoms with Gasteiger partial charge in [-0.25, -0.2) is 0 Å². The third kappa shape index (κ3) is 3.85. The Morgan fingerprint density at radius 2 is 2.09 bits per heavy atom. The average Bonchev–Trinajstić information content (AvgIpc) is 1.94. The molecule has 0 saturated heterocycles. The van der Waals surface area contributed by atoms with Gasteiger partial charge in [0.2, 0.25) is 0 Å². The van der Waals surface area contributed by atoms with Crippen LogP contribution in [0.3, 0.4) is 0 Å². The Balaban J connectivity index is 2.32. The first-order valence-corrected chi connectivity index (χ1v) is 5.64. The van der Waals surface area contributed by atoms with E-state index < -0.39 is 0 Å². The minimum atomic E-state index is 1.15. The lowest BCUT2D eigenvalue weighted by Gasteiger charge is -2.09. The van der Waals surface area contributed by atoms with Crippen molar-refractivity contribution in [2.45, 2.75) is 38.5 Å². The molecule has 1 aliphatic carbocycles. The summed E-state index contributed by atoms with van der Waals surface area (Å²) in [7, 11) is 0. The van der Waals surface area contributed by atoms with E-state index in [1.54, 1.807) is 17.3 Å². The van der Waals surface area contributed by atoms with Gasteiger partial charge in [0, 0.05) is 12.0 Å². The Kier molecular flexibility index (Phi) is 4.76. The van der Waals surface area contributed by atoms with Crippen LogP contribution >= 0.6 is 11.8 Å². The van der Waals surface area contributed by atoms with E-state index in [-0.39, 0.29) is 0 Å². The largest absolute Gasteiger partial charge is 0.157 e. The topological polar surface area (TPSA) is 0 Å². The molecule has 0 aromatic heterocycles. The van der Waals surface area contributed by atoms with E-state index in [1.807, 2.05) is 0 Å². The summed E-state index contributed by atoms with van der Waals surface area (Å²) in [6, 6.07) is 0. The molecular formula is C10H17S. The van der Waals surface area contributed by atoms with Gasteiger partial charge in [-0.2, -0.15) is 11.8 Å². The van der Waals surface area contributed by atoms with Crippen LogP contribution in [0, 0.1) is 6.26 Å². The minimum absolute atomic E-state index is 1.15. The van der Waals surface area contributed by atoms with Crippen LogP contribution in [-0.4, -0.2) is 5.75 Å². The highest BCUT2D eigenvalue weighted by Gasteiger charge is 2.00. The van der Waals surface area contributed by atoms with Crippen molar-refractivity contribution >= 4 is 11.8 Å². The predicted molar refractivity (Wildman–Crippen MR) is 53.6 cm³/mol. The first kappa shape index (κ1) is 9.18. The maximum atomic E-state index is 3.81. The number of allylic oxidation sites excluding steroid dienone is 1. The molecule has 0 amide bonds. The Hall–Kier alpha value is 0.0900. The molecule has 1 rings (SSSR count). The Bertz CT molecular complexity index is 127. The second-order valence-corrected chi connectivity index (χ2v) is 3.86. The summed E-state index contributed by atoms with van der Waals surface area (Å²) in [4.78, 5) is 0. The van der Waals surface area contributed by atoms with Crippen LogP contribution in [0.25, 0.3) is 0 Å². The van der Waals surface area contributed by atoms with Crippen LogP contribution in [-0.2, 0) is 0 Å². The molecule has 0 saturated carbocycles. The second-order valence-electron chi connectivity index (χ2n) is 3.16. The van der Waals surface area contributed by atoms with E-state index in [1.165, 1.54) is 38.5 Å². The van der Waals surface area contributed by atoms with E-state index >= 15 is 0 Å². The smallest absolute Gasteiger partial charge is 0.0143 e. The van der Waals surface area contributed by atoms with Crippen LogP contribution in [0.4, 0.5) is 0 Å². The lowest BCUT2D eigenvalue weighted by molar-refractivity contribution is 0.626. The molecule has 0 bridgehead atoms. The van der Waals surface area contributed by atoms with E-state index in [9.17, 15) is 0 Å². The molecule has 0 spiro atoms. The molecule has 0 unspecified atom stereocenters. The highest BCUT2D eigenvalue weighted by atomic mass is 32.2. The predicted octanol–water partition coefficient (Wildman–Crippen LogP) is 3.79. The third-order valence-corrected chi connectivity index (χ3v) is 2.75. The number of hydrogen-bond donors (Lipinski definition) is 0. The van der Waals surface area contributed by atoms with Crippen molar-refractivity contribution < 1.29 is 0 Å². The normalized spacial score (nSPS) is 25.0. The highest BCUT2D eigenvalue weighted by Crippen LogP contribution is 2.19. The van der Waals surface area contributed by atoms with Gasteiger partial charge in [-0.15, -0.1) is 0 Å². The van der Waals surface area contributed by atoms with Crippen molar-refractivity contribution in [2.24, 2.45) is 0 Å². The molecule has 0 aliphatic heterocycles. The molecule has 1 aliphatic rings. The van der Waals surface area contributed by atoms with E-state index in [0.29, 0.717) is 0 Å². The van der Waals surface area contributed by atoms with Gasteiger partial charge in [0.1, 0.15) is 0 Å². The summed E-state index contributed by atoms with van der Waals surface area (Å²) in [6.07, 6.45) is 14.5. The first-order valence-electron chi connectivity index (χ1n) is 4.48. The van der Waals surface area contributed by atoms with Gasteiger partial charge in [-0.05, 0) is 25.7 Å². The molecule has 0 aromatic carbocycles. The number of thioether (sulfide) groups is 1. The minimum Gasteiger partial charge on any atom is -0.157 e. The molecule has 0 N–H and O–H groups in total. The van der Waals surface area contributed by atoms with Crippen LogP contribution in [0.1, 0.15) is 38.5 Å². The van der Waals surface area contributed by atoms with Gasteiger partial charge in [-0.3, -0.25) is 0 Å². The molecule has 1 heteroatoms. The molecule has 0 fully saturated rings. The second kappa shape index (κ2) is 5.70. The van der Waals surface area contributed by atoms with Gasteiger partial charge in [-0.1, -0.05) is 24.5 Å². The summed E-state index contributed by atoms with van der Waals surface area (Å²) in [5.74, 6) is 1.15. The van der Waals surface area contributed by atoms with Crippen molar-refractivity contribution in [3.8, 4) is 0 Å². The molecular weight excluding hydrogens is 152 g/mol. The van der Waals surface area contributed by atoms with Crippen molar-refractivity contribution in [1.29, 1.82) is 0 Å². The maximum absolute atomic E-state index is 3.81. The third-order valence-electron chi connectivity index (χ3n) is 2.17. The number of rotatable bonds is 2. The molecule has 0 heterocycles. The van der Waals surface area contributed by atoms with Crippen molar-refractivity contribution in [1.82, 2.24) is 0 Å². The van der Waals surface area contributed by atoms with Crippen molar-refractivity contribution in [2.75, 3.05) is 5.75 Å². The summed E-state index contributed by atoms with van der Waals surface area (Å²) < 4.78 is 0. The molecule has 63 valence electrons. The molecule has 0 aromatic rings. The van der Waals surface area contributed by atoms with Crippen LogP contribution < -0.4 is 0 Å². The molecule has 0 atom stereocenters. The Morgan fingerprint density at radius 1 is 1.27 bits per heavy atom. The van der Waals surface area contributed by atoms with Crippen LogP contribution in [0.5, 0.6) is 0 Å². The van der Waals surface area contributed by atoms with E-state index in [2.05, 4.69) is 12.3 Å². The van der Waals surface area contributed by atoms with Gasteiger partial charge in [0.05, 0.1) is 0 Å².